The summed E-state index contributed by atoms with van der Waals surface area (Å²) in [7, 11) is 0. The zero-order valence-electron chi connectivity index (χ0n) is 15.7. The SMILES string of the molecule is OC(CNCC1CCCCC1)CN1CCC(Cc2ccccc2)CC1. The van der Waals surface area contributed by atoms with Crippen molar-refractivity contribution in [2.45, 2.75) is 57.5 Å². The fourth-order valence-corrected chi connectivity index (χ4v) is 4.53. The molecule has 3 rings (SSSR count). The molecule has 140 valence electrons. The summed E-state index contributed by atoms with van der Waals surface area (Å²) in [5, 5.41) is 13.8. The van der Waals surface area contributed by atoms with Crippen molar-refractivity contribution in [1.82, 2.24) is 10.2 Å². The zero-order chi connectivity index (χ0) is 17.3. The van der Waals surface area contributed by atoms with Crippen LogP contribution in [0.5, 0.6) is 0 Å². The van der Waals surface area contributed by atoms with Gasteiger partial charge in [0.05, 0.1) is 6.10 Å². The smallest absolute Gasteiger partial charge is 0.0791 e. The van der Waals surface area contributed by atoms with Crippen molar-refractivity contribution < 1.29 is 5.11 Å². The molecule has 0 amide bonds. The number of aliphatic hydroxyl groups excluding tert-OH is 1. The lowest BCUT2D eigenvalue weighted by Gasteiger charge is -2.33. The van der Waals surface area contributed by atoms with E-state index in [2.05, 4.69) is 40.5 Å². The average molecular weight is 345 g/mol. The van der Waals surface area contributed by atoms with Crippen LogP contribution in [0.4, 0.5) is 0 Å². The molecule has 1 saturated heterocycles. The number of hydrogen-bond acceptors (Lipinski definition) is 3. The number of rotatable bonds is 8. The Labute approximate surface area is 153 Å². The largest absolute Gasteiger partial charge is 0.390 e. The quantitative estimate of drug-likeness (QED) is 0.758. The summed E-state index contributed by atoms with van der Waals surface area (Å²) in [6, 6.07) is 10.9. The number of aliphatic hydroxyl groups is 1. The van der Waals surface area contributed by atoms with Gasteiger partial charge in [-0.3, -0.25) is 0 Å². The van der Waals surface area contributed by atoms with E-state index in [0.717, 1.165) is 44.6 Å². The van der Waals surface area contributed by atoms with E-state index in [0.29, 0.717) is 0 Å². The molecule has 1 atom stereocenters. The van der Waals surface area contributed by atoms with Crippen molar-refractivity contribution in [3.05, 3.63) is 35.9 Å². The van der Waals surface area contributed by atoms with E-state index >= 15 is 0 Å². The number of piperidine rings is 1. The van der Waals surface area contributed by atoms with Crippen LogP contribution in [-0.4, -0.2) is 48.8 Å². The summed E-state index contributed by atoms with van der Waals surface area (Å²) in [5.74, 6) is 1.65. The molecule has 0 aromatic heterocycles. The van der Waals surface area contributed by atoms with Gasteiger partial charge in [-0.2, -0.15) is 0 Å². The van der Waals surface area contributed by atoms with Crippen molar-refractivity contribution in [3.63, 3.8) is 0 Å². The number of likely N-dealkylation sites (tertiary alicyclic amines) is 1. The van der Waals surface area contributed by atoms with Gasteiger partial charge in [0.2, 0.25) is 0 Å². The minimum atomic E-state index is -0.228. The molecule has 1 aliphatic heterocycles. The van der Waals surface area contributed by atoms with Gasteiger partial charge in [0.15, 0.2) is 0 Å². The van der Waals surface area contributed by atoms with E-state index in [1.54, 1.807) is 0 Å². The molecule has 0 bridgehead atoms. The van der Waals surface area contributed by atoms with Crippen molar-refractivity contribution in [1.29, 1.82) is 0 Å². The molecular weight excluding hydrogens is 308 g/mol. The van der Waals surface area contributed by atoms with Gasteiger partial charge in [0.1, 0.15) is 0 Å². The summed E-state index contributed by atoms with van der Waals surface area (Å²) in [6.07, 6.45) is 10.5. The van der Waals surface area contributed by atoms with Gasteiger partial charge < -0.3 is 15.3 Å². The number of nitrogens with zero attached hydrogens (tertiary/aromatic N) is 1. The second kappa shape index (κ2) is 10.3. The van der Waals surface area contributed by atoms with Crippen LogP contribution in [0, 0.1) is 11.8 Å². The van der Waals surface area contributed by atoms with Crippen LogP contribution >= 0.6 is 0 Å². The van der Waals surface area contributed by atoms with Crippen LogP contribution in [0.3, 0.4) is 0 Å². The first kappa shape index (κ1) is 18.9. The van der Waals surface area contributed by atoms with Crippen molar-refractivity contribution >= 4 is 0 Å². The van der Waals surface area contributed by atoms with Gasteiger partial charge in [-0.25, -0.2) is 0 Å². The van der Waals surface area contributed by atoms with Crippen molar-refractivity contribution in [3.8, 4) is 0 Å². The molecule has 2 aliphatic rings. The molecule has 1 unspecified atom stereocenters. The predicted molar refractivity (Wildman–Crippen MR) is 105 cm³/mol. The lowest BCUT2D eigenvalue weighted by molar-refractivity contribution is 0.0876. The van der Waals surface area contributed by atoms with Crippen molar-refractivity contribution in [2.75, 3.05) is 32.7 Å². The fourth-order valence-electron chi connectivity index (χ4n) is 4.53. The van der Waals surface area contributed by atoms with E-state index in [1.807, 2.05) is 0 Å². The Balaban J connectivity index is 1.27. The maximum Gasteiger partial charge on any atom is 0.0791 e. The first-order valence-corrected chi connectivity index (χ1v) is 10.4. The Morgan fingerprint density at radius 1 is 0.960 bits per heavy atom. The highest BCUT2D eigenvalue weighted by Gasteiger charge is 2.21. The Morgan fingerprint density at radius 3 is 2.40 bits per heavy atom. The highest BCUT2D eigenvalue weighted by molar-refractivity contribution is 5.15. The molecule has 2 N–H and O–H groups in total. The predicted octanol–water partition coefficient (Wildman–Crippen LogP) is 3.47. The van der Waals surface area contributed by atoms with Gasteiger partial charge in [-0.15, -0.1) is 0 Å². The molecule has 3 nitrogen and oxygen atoms in total. The van der Waals surface area contributed by atoms with Gasteiger partial charge >= 0.3 is 0 Å². The standard InChI is InChI=1S/C22H36N2O/c25-22(17-23-16-21-9-5-2-6-10-21)18-24-13-11-20(12-14-24)15-19-7-3-1-4-8-19/h1,3-4,7-8,20-23,25H,2,5-6,9-18H2. The third-order valence-electron chi connectivity index (χ3n) is 6.08. The third-order valence-corrected chi connectivity index (χ3v) is 6.08. The molecular formula is C22H36N2O. The van der Waals surface area contributed by atoms with Gasteiger partial charge in [-0.05, 0) is 69.1 Å². The highest BCUT2D eigenvalue weighted by Crippen LogP contribution is 2.23. The molecule has 1 aromatic rings. The summed E-state index contributed by atoms with van der Waals surface area (Å²) < 4.78 is 0. The van der Waals surface area contributed by atoms with Crippen LogP contribution in [0.15, 0.2) is 30.3 Å². The van der Waals surface area contributed by atoms with Crippen LogP contribution < -0.4 is 5.32 Å². The number of nitrogens with one attached hydrogen (secondary N) is 1. The van der Waals surface area contributed by atoms with Crippen LogP contribution in [0.25, 0.3) is 0 Å². The normalized spacial score (nSPS) is 22.1. The second-order valence-electron chi connectivity index (χ2n) is 8.25. The van der Waals surface area contributed by atoms with Gasteiger partial charge in [0.25, 0.3) is 0 Å². The molecule has 1 heterocycles. The number of hydrogen-bond donors (Lipinski definition) is 2. The lowest BCUT2D eigenvalue weighted by atomic mass is 9.89. The summed E-state index contributed by atoms with van der Waals surface area (Å²) >= 11 is 0. The topological polar surface area (TPSA) is 35.5 Å². The summed E-state index contributed by atoms with van der Waals surface area (Å²) in [4.78, 5) is 2.45. The van der Waals surface area contributed by atoms with E-state index in [-0.39, 0.29) is 6.10 Å². The molecule has 1 aliphatic carbocycles. The number of β-amino-alcohol motifs (C(OH)–C–C–N with tert-alkyl or cyclic N) is 1. The summed E-state index contributed by atoms with van der Waals surface area (Å²) in [6.45, 7) is 4.95. The molecule has 1 aromatic carbocycles. The second-order valence-corrected chi connectivity index (χ2v) is 8.25. The van der Waals surface area contributed by atoms with Gasteiger partial charge in [0, 0.05) is 13.1 Å². The first-order valence-electron chi connectivity index (χ1n) is 10.4. The Kier molecular flexibility index (Phi) is 7.78. The van der Waals surface area contributed by atoms with E-state index < -0.39 is 0 Å². The molecule has 3 heteroatoms. The Hall–Kier alpha value is -0.900. The third kappa shape index (κ3) is 6.73. The Morgan fingerprint density at radius 2 is 1.68 bits per heavy atom. The molecule has 0 radical (unpaired) electrons. The van der Waals surface area contributed by atoms with E-state index in [4.69, 9.17) is 0 Å². The summed E-state index contributed by atoms with van der Waals surface area (Å²) in [5.41, 5.74) is 1.47. The van der Waals surface area contributed by atoms with E-state index in [1.165, 1.54) is 56.9 Å². The Bertz CT molecular complexity index is 464. The van der Waals surface area contributed by atoms with Crippen LogP contribution in [0.1, 0.15) is 50.5 Å². The zero-order valence-corrected chi connectivity index (χ0v) is 15.7. The molecule has 1 saturated carbocycles. The molecule has 25 heavy (non-hydrogen) atoms. The lowest BCUT2D eigenvalue weighted by Crippen LogP contribution is -2.43. The minimum absolute atomic E-state index is 0.228. The van der Waals surface area contributed by atoms with Crippen molar-refractivity contribution in [2.24, 2.45) is 11.8 Å². The van der Waals surface area contributed by atoms with Crippen LogP contribution in [0.2, 0.25) is 0 Å². The molecule has 0 spiro atoms. The maximum absolute atomic E-state index is 10.3. The fraction of sp³-hybridized carbons (Fsp3) is 0.727. The van der Waals surface area contributed by atoms with E-state index in [9.17, 15) is 5.11 Å². The monoisotopic (exact) mass is 344 g/mol. The first-order chi connectivity index (χ1) is 12.3. The highest BCUT2D eigenvalue weighted by atomic mass is 16.3. The minimum Gasteiger partial charge on any atom is -0.390 e. The van der Waals surface area contributed by atoms with Crippen LogP contribution in [-0.2, 0) is 6.42 Å². The molecule has 2 fully saturated rings. The average Bonchev–Trinajstić information content (AvgIpc) is 2.65. The van der Waals surface area contributed by atoms with Gasteiger partial charge in [-0.1, -0.05) is 49.6 Å². The number of benzene rings is 1. The maximum atomic E-state index is 10.3.